The monoisotopic (exact) mass is 412 g/mol. The number of anilines is 2. The molecule has 0 bridgehead atoms. The molecule has 1 N–H and O–H groups in total. The Balaban J connectivity index is 1.82. The molecule has 1 aromatic heterocycles. The minimum absolute atomic E-state index is 0.00201. The molecule has 1 saturated heterocycles. The second kappa shape index (κ2) is 7.75. The van der Waals surface area contributed by atoms with Gasteiger partial charge in [0.05, 0.1) is 35.1 Å². The van der Waals surface area contributed by atoms with Gasteiger partial charge in [-0.1, -0.05) is 18.2 Å². The van der Waals surface area contributed by atoms with Crippen LogP contribution in [0.4, 0.5) is 15.8 Å². The molecule has 3 aromatic rings. The van der Waals surface area contributed by atoms with Crippen molar-refractivity contribution in [2.45, 2.75) is 13.8 Å². The van der Waals surface area contributed by atoms with E-state index in [4.69, 9.17) is 4.74 Å². The zero-order valence-corrected chi connectivity index (χ0v) is 16.6. The molecular formula is C21H21FN4O4. The molecule has 0 spiro atoms. The number of ether oxygens (including phenoxy) is 1. The highest BCUT2D eigenvalue weighted by atomic mass is 19.1. The van der Waals surface area contributed by atoms with Crippen LogP contribution in [0, 0.1) is 29.8 Å². The number of fused-ring (bicyclic) bond motifs is 1. The van der Waals surface area contributed by atoms with Crippen LogP contribution in [0.3, 0.4) is 0 Å². The fourth-order valence-electron chi connectivity index (χ4n) is 3.61. The summed E-state index contributed by atoms with van der Waals surface area (Å²) in [6.07, 6.45) is 0. The number of benzene rings is 2. The molecule has 1 fully saturated rings. The highest BCUT2D eigenvalue weighted by Crippen LogP contribution is 2.26. The van der Waals surface area contributed by atoms with Crippen LogP contribution in [0.1, 0.15) is 21.7 Å². The number of para-hydroxylation sites is 1. The first-order chi connectivity index (χ1) is 14.4. The van der Waals surface area contributed by atoms with Gasteiger partial charge in [0, 0.05) is 23.7 Å². The molecule has 0 aliphatic carbocycles. The third-order valence-corrected chi connectivity index (χ3v) is 5.29. The number of aryl methyl sites for hydroxylation is 1. The van der Waals surface area contributed by atoms with Crippen LogP contribution in [-0.4, -0.2) is 36.9 Å². The van der Waals surface area contributed by atoms with E-state index in [0.29, 0.717) is 41.1 Å². The third kappa shape index (κ3) is 3.37. The number of halogens is 1. The second-order valence-corrected chi connectivity index (χ2v) is 7.18. The van der Waals surface area contributed by atoms with E-state index >= 15 is 0 Å². The normalized spacial score (nSPS) is 14.2. The van der Waals surface area contributed by atoms with Crippen LogP contribution < -0.4 is 14.6 Å². The fraction of sp³-hybridized carbons (Fsp3) is 0.286. The lowest BCUT2D eigenvalue weighted by molar-refractivity contribution is -0.468. The molecule has 4 rings (SSSR count). The van der Waals surface area contributed by atoms with E-state index in [1.807, 2.05) is 19.1 Å². The van der Waals surface area contributed by atoms with E-state index in [-0.39, 0.29) is 28.1 Å². The van der Waals surface area contributed by atoms with E-state index in [2.05, 4.69) is 5.32 Å². The minimum atomic E-state index is -0.735. The number of carbonyl (C=O) groups excluding carboxylic acids is 1. The van der Waals surface area contributed by atoms with Crippen molar-refractivity contribution in [1.82, 2.24) is 4.73 Å². The van der Waals surface area contributed by atoms with Crippen molar-refractivity contribution in [2.24, 2.45) is 0 Å². The van der Waals surface area contributed by atoms with Crippen LogP contribution in [-0.2, 0) is 4.74 Å². The smallest absolute Gasteiger partial charge is 0.346 e. The predicted molar refractivity (Wildman–Crippen MR) is 111 cm³/mol. The summed E-state index contributed by atoms with van der Waals surface area (Å²) in [4.78, 5) is 27.5. The number of aromatic nitrogens is 2. The SMILES string of the molecule is Cc1ccccc1NC(=O)c1c(C)n([O-])c2cc(N3CCOCC3)c(F)cc2[n+]1=O. The maximum Gasteiger partial charge on any atom is 0.346 e. The van der Waals surface area contributed by atoms with E-state index in [0.717, 1.165) is 11.6 Å². The van der Waals surface area contributed by atoms with Gasteiger partial charge in [0.25, 0.3) is 5.52 Å². The Morgan fingerprint density at radius 3 is 2.60 bits per heavy atom. The molecule has 0 atom stereocenters. The Morgan fingerprint density at radius 2 is 1.90 bits per heavy atom. The van der Waals surface area contributed by atoms with Gasteiger partial charge < -0.3 is 24.9 Å². The summed E-state index contributed by atoms with van der Waals surface area (Å²) in [6.45, 7) is 5.07. The zero-order valence-electron chi connectivity index (χ0n) is 16.6. The van der Waals surface area contributed by atoms with Crippen molar-refractivity contribution in [3.8, 4) is 0 Å². The van der Waals surface area contributed by atoms with E-state index in [1.165, 1.54) is 13.0 Å². The van der Waals surface area contributed by atoms with Crippen LogP contribution >= 0.6 is 0 Å². The van der Waals surface area contributed by atoms with Gasteiger partial charge in [-0.15, -0.1) is 0 Å². The van der Waals surface area contributed by atoms with Crippen molar-refractivity contribution >= 4 is 28.3 Å². The van der Waals surface area contributed by atoms with Crippen LogP contribution in [0.15, 0.2) is 36.4 Å². The molecule has 30 heavy (non-hydrogen) atoms. The molecular weight excluding hydrogens is 391 g/mol. The Bertz CT molecular complexity index is 1200. The Labute approximate surface area is 171 Å². The zero-order chi connectivity index (χ0) is 21.4. The van der Waals surface area contributed by atoms with E-state index in [9.17, 15) is 19.3 Å². The summed E-state index contributed by atoms with van der Waals surface area (Å²) in [5, 5.41) is 15.5. The average molecular weight is 412 g/mol. The molecule has 1 amide bonds. The standard InChI is InChI=1S/C21H21FN4O4/c1-13-5-3-4-6-16(13)23-21(27)20-14(2)25(28)19-12-17(24-7-9-30-10-8-24)15(22)11-18(19)26(20)29/h3-6,11-12H,7-10H2,1-2H3,(H,23,27). The van der Waals surface area contributed by atoms with Gasteiger partial charge in [0.15, 0.2) is 5.82 Å². The number of nitrogens with zero attached hydrogens (tertiary/aromatic N) is 3. The first kappa shape index (κ1) is 19.8. The van der Waals surface area contributed by atoms with E-state index in [1.54, 1.807) is 17.0 Å². The summed E-state index contributed by atoms with van der Waals surface area (Å²) >= 11 is 0. The number of carbonyl (C=O) groups is 1. The Morgan fingerprint density at radius 1 is 1.20 bits per heavy atom. The lowest BCUT2D eigenvalue weighted by Gasteiger charge is -2.29. The molecule has 2 heterocycles. The third-order valence-electron chi connectivity index (χ3n) is 5.29. The summed E-state index contributed by atoms with van der Waals surface area (Å²) < 4.78 is 20.9. The summed E-state index contributed by atoms with van der Waals surface area (Å²) in [5.74, 6) is -1.37. The highest BCUT2D eigenvalue weighted by molar-refractivity contribution is 6.03. The lowest BCUT2D eigenvalue weighted by atomic mass is 10.1. The van der Waals surface area contributed by atoms with Crippen molar-refractivity contribution < 1.29 is 18.3 Å². The number of hydrogen-bond acceptors (Lipinski definition) is 5. The van der Waals surface area contributed by atoms with Crippen LogP contribution in [0.5, 0.6) is 0 Å². The lowest BCUT2D eigenvalue weighted by Crippen LogP contribution is -2.37. The van der Waals surface area contributed by atoms with Crippen molar-refractivity contribution in [3.05, 3.63) is 69.3 Å². The number of rotatable bonds is 3. The van der Waals surface area contributed by atoms with Crippen LogP contribution in [0.25, 0.3) is 11.0 Å². The van der Waals surface area contributed by atoms with Gasteiger partial charge in [0.1, 0.15) is 5.52 Å². The fourth-order valence-corrected chi connectivity index (χ4v) is 3.61. The largest absolute Gasteiger partial charge is 0.805 e. The molecule has 8 nitrogen and oxygen atoms in total. The van der Waals surface area contributed by atoms with Crippen molar-refractivity contribution in [3.63, 3.8) is 0 Å². The van der Waals surface area contributed by atoms with Gasteiger partial charge >= 0.3 is 11.6 Å². The molecule has 156 valence electrons. The summed E-state index contributed by atoms with van der Waals surface area (Å²) in [5.41, 5.74) is 0.901. The maximum atomic E-state index is 14.8. The molecule has 1 aliphatic rings. The number of amides is 1. The van der Waals surface area contributed by atoms with Gasteiger partial charge in [0.2, 0.25) is 0 Å². The second-order valence-electron chi connectivity index (χ2n) is 7.18. The van der Waals surface area contributed by atoms with Crippen LogP contribution in [0.2, 0.25) is 0 Å². The highest BCUT2D eigenvalue weighted by Gasteiger charge is 2.29. The topological polar surface area (TPSA) is 92.5 Å². The number of hydrogen-bond donors (Lipinski definition) is 1. The number of morpholine rings is 1. The molecule has 9 heteroatoms. The average Bonchev–Trinajstić information content (AvgIpc) is 2.74. The summed E-state index contributed by atoms with van der Waals surface area (Å²) in [7, 11) is 0. The maximum absolute atomic E-state index is 14.8. The van der Waals surface area contributed by atoms with Gasteiger partial charge in [-0.2, -0.15) is 0 Å². The van der Waals surface area contributed by atoms with E-state index < -0.39 is 11.7 Å². The first-order valence-corrected chi connectivity index (χ1v) is 9.57. The molecule has 1 aliphatic heterocycles. The van der Waals surface area contributed by atoms with Gasteiger partial charge in [-0.25, -0.2) is 4.39 Å². The predicted octanol–water partition coefficient (Wildman–Crippen LogP) is 2.75. The van der Waals surface area contributed by atoms with Gasteiger partial charge in [-0.05, 0) is 31.5 Å². The quantitative estimate of drug-likeness (QED) is 0.668. The van der Waals surface area contributed by atoms with Crippen molar-refractivity contribution in [2.75, 3.05) is 36.5 Å². The number of nitrogens with one attached hydrogen (secondary N) is 1. The van der Waals surface area contributed by atoms with Gasteiger partial charge in [-0.3, -0.25) is 4.79 Å². The molecule has 2 aromatic carbocycles. The molecule has 0 saturated carbocycles. The first-order valence-electron chi connectivity index (χ1n) is 9.57. The minimum Gasteiger partial charge on any atom is -0.805 e. The molecule has 0 radical (unpaired) electrons. The Hall–Kier alpha value is -3.46. The summed E-state index contributed by atoms with van der Waals surface area (Å²) in [6, 6.07) is 9.43. The van der Waals surface area contributed by atoms with Crippen molar-refractivity contribution in [1.29, 1.82) is 0 Å². The Kier molecular flexibility index (Phi) is 5.13. The molecule has 0 unspecified atom stereocenters.